The fraction of sp³-hybridized carbons (Fsp3) is 0.244. The minimum absolute atomic E-state index is 0.278. The minimum atomic E-state index is 0.278. The summed E-state index contributed by atoms with van der Waals surface area (Å²) in [6, 6.07) is 46.1. The van der Waals surface area contributed by atoms with E-state index in [4.69, 9.17) is 15.0 Å². The van der Waals surface area contributed by atoms with Crippen molar-refractivity contribution in [1.82, 2.24) is 15.0 Å². The number of rotatable bonds is 6. The SMILES string of the molecule is C[C@@H]1C[C@@H]2C[C@H](C)CC(c3ccc(-c4nc(-c5ccccc5)nc(-c5ccc(-c6cccc(C#N)c6)c(-c6ccccc6)c5)n4)cc3)(C1)C2. The van der Waals surface area contributed by atoms with E-state index in [1.807, 2.05) is 42.5 Å². The molecule has 2 fully saturated rings. The second-order valence-corrected chi connectivity index (χ2v) is 14.5. The molecule has 0 radical (unpaired) electrons. The molecule has 1 unspecified atom stereocenters. The van der Waals surface area contributed by atoms with Gasteiger partial charge in [0, 0.05) is 16.7 Å². The molecule has 4 heteroatoms. The van der Waals surface area contributed by atoms with Gasteiger partial charge in [-0.15, -0.1) is 0 Å². The number of aromatic nitrogens is 3. The molecular weight excluding hydrogens is 597 g/mol. The summed E-state index contributed by atoms with van der Waals surface area (Å²) in [5.41, 5.74) is 9.44. The zero-order valence-corrected chi connectivity index (χ0v) is 28.2. The highest BCUT2D eigenvalue weighted by Gasteiger charge is 2.45. The smallest absolute Gasteiger partial charge is 0.164 e. The van der Waals surface area contributed by atoms with Gasteiger partial charge in [0.2, 0.25) is 0 Å². The largest absolute Gasteiger partial charge is 0.208 e. The molecule has 0 spiro atoms. The van der Waals surface area contributed by atoms with Crippen LogP contribution in [0.2, 0.25) is 0 Å². The molecular formula is C45H40N4. The van der Waals surface area contributed by atoms with Gasteiger partial charge in [-0.3, -0.25) is 0 Å². The van der Waals surface area contributed by atoms with Crippen molar-refractivity contribution >= 4 is 0 Å². The Labute approximate surface area is 289 Å². The van der Waals surface area contributed by atoms with Gasteiger partial charge in [-0.25, -0.2) is 15.0 Å². The first-order valence-electron chi connectivity index (χ1n) is 17.6. The van der Waals surface area contributed by atoms with Crippen LogP contribution in [0.5, 0.6) is 0 Å². The monoisotopic (exact) mass is 636 g/mol. The van der Waals surface area contributed by atoms with E-state index in [0.717, 1.165) is 56.7 Å². The first-order valence-corrected chi connectivity index (χ1v) is 17.6. The molecule has 1 heterocycles. The van der Waals surface area contributed by atoms with Crippen LogP contribution in [0.4, 0.5) is 0 Å². The molecule has 0 aliphatic heterocycles. The molecule has 6 aromatic rings. The number of nitrogens with zero attached hydrogens (tertiary/aromatic N) is 4. The highest BCUT2D eigenvalue weighted by molar-refractivity contribution is 5.87. The second-order valence-electron chi connectivity index (χ2n) is 14.5. The molecule has 2 bridgehead atoms. The van der Waals surface area contributed by atoms with Gasteiger partial charge in [0.1, 0.15) is 0 Å². The van der Waals surface area contributed by atoms with Crippen molar-refractivity contribution in [3.8, 4) is 62.5 Å². The third kappa shape index (κ3) is 6.18. The molecule has 0 amide bonds. The zero-order valence-electron chi connectivity index (χ0n) is 28.2. The van der Waals surface area contributed by atoms with Crippen LogP contribution in [0, 0.1) is 29.1 Å². The van der Waals surface area contributed by atoms with E-state index in [0.29, 0.717) is 23.0 Å². The van der Waals surface area contributed by atoms with Gasteiger partial charge in [-0.1, -0.05) is 123 Å². The lowest BCUT2D eigenvalue weighted by molar-refractivity contribution is 0.0780. The van der Waals surface area contributed by atoms with E-state index < -0.39 is 0 Å². The third-order valence-corrected chi connectivity index (χ3v) is 10.7. The van der Waals surface area contributed by atoms with E-state index in [1.165, 1.54) is 37.7 Å². The van der Waals surface area contributed by atoms with Gasteiger partial charge in [0.05, 0.1) is 11.6 Å². The molecule has 2 aliphatic carbocycles. The van der Waals surface area contributed by atoms with Crippen molar-refractivity contribution in [2.24, 2.45) is 17.8 Å². The lowest BCUT2D eigenvalue weighted by Gasteiger charge is -2.50. The standard InChI is InChI=1S/C45H40N4/c1-30-22-33-23-31(2)27-45(26-30,28-33)39-19-16-36(17-20-39)43-47-42(35-13-7-4-8-14-35)48-44(49-43)38-18-21-40(37-15-9-10-32(24-37)29-46)41(25-38)34-11-5-3-6-12-34/h3-21,24-25,30-31,33H,22-23,26-28H2,1-2H3/t30-,31+,33-,45?. The zero-order chi connectivity index (χ0) is 33.4. The first kappa shape index (κ1) is 30.9. The van der Waals surface area contributed by atoms with E-state index >= 15 is 0 Å². The summed E-state index contributed by atoms with van der Waals surface area (Å²) < 4.78 is 0. The van der Waals surface area contributed by atoms with Crippen LogP contribution in [0.3, 0.4) is 0 Å². The molecule has 4 atom stereocenters. The van der Waals surface area contributed by atoms with E-state index in [1.54, 1.807) is 0 Å². The molecule has 2 aliphatic rings. The Morgan fingerprint density at radius 2 is 1.08 bits per heavy atom. The maximum Gasteiger partial charge on any atom is 0.164 e. The molecule has 49 heavy (non-hydrogen) atoms. The van der Waals surface area contributed by atoms with E-state index in [-0.39, 0.29) is 5.41 Å². The fourth-order valence-corrected chi connectivity index (χ4v) is 8.93. The number of hydrogen-bond donors (Lipinski definition) is 0. The normalized spacial score (nSPS) is 21.5. The van der Waals surface area contributed by atoms with Gasteiger partial charge >= 0.3 is 0 Å². The van der Waals surface area contributed by atoms with Crippen LogP contribution < -0.4 is 0 Å². The molecule has 2 saturated carbocycles. The average Bonchev–Trinajstić information content (AvgIpc) is 3.14. The number of nitriles is 1. The van der Waals surface area contributed by atoms with Crippen LogP contribution in [-0.4, -0.2) is 15.0 Å². The molecule has 0 N–H and O–H groups in total. The summed E-state index contributed by atoms with van der Waals surface area (Å²) in [5.74, 6) is 4.34. The van der Waals surface area contributed by atoms with Crippen LogP contribution in [-0.2, 0) is 5.41 Å². The summed E-state index contributed by atoms with van der Waals surface area (Å²) in [7, 11) is 0. The molecule has 240 valence electrons. The summed E-state index contributed by atoms with van der Waals surface area (Å²) in [5, 5.41) is 9.60. The van der Waals surface area contributed by atoms with Crippen LogP contribution in [0.1, 0.15) is 57.1 Å². The molecule has 1 aromatic heterocycles. The van der Waals surface area contributed by atoms with Crippen molar-refractivity contribution in [2.75, 3.05) is 0 Å². The Balaban J connectivity index is 1.23. The van der Waals surface area contributed by atoms with Crippen molar-refractivity contribution in [3.05, 3.63) is 139 Å². The Kier molecular flexibility index (Phi) is 8.14. The van der Waals surface area contributed by atoms with Gasteiger partial charge in [0.15, 0.2) is 17.5 Å². The predicted molar refractivity (Wildman–Crippen MR) is 198 cm³/mol. The van der Waals surface area contributed by atoms with Gasteiger partial charge < -0.3 is 0 Å². The van der Waals surface area contributed by atoms with Crippen molar-refractivity contribution in [1.29, 1.82) is 5.26 Å². The quantitative estimate of drug-likeness (QED) is 0.182. The predicted octanol–water partition coefficient (Wildman–Crippen LogP) is 11.2. The van der Waals surface area contributed by atoms with Gasteiger partial charge in [0.25, 0.3) is 0 Å². The van der Waals surface area contributed by atoms with E-state index in [2.05, 4.69) is 105 Å². The van der Waals surface area contributed by atoms with Crippen LogP contribution >= 0.6 is 0 Å². The second kappa shape index (κ2) is 12.9. The maximum atomic E-state index is 9.60. The van der Waals surface area contributed by atoms with Crippen molar-refractivity contribution < 1.29 is 0 Å². The topological polar surface area (TPSA) is 62.5 Å². The van der Waals surface area contributed by atoms with E-state index in [9.17, 15) is 5.26 Å². The van der Waals surface area contributed by atoms with Gasteiger partial charge in [-0.05, 0) is 101 Å². The van der Waals surface area contributed by atoms with Crippen molar-refractivity contribution in [3.63, 3.8) is 0 Å². The number of hydrogen-bond acceptors (Lipinski definition) is 4. The van der Waals surface area contributed by atoms with Crippen molar-refractivity contribution in [2.45, 2.75) is 51.4 Å². The number of benzene rings is 5. The molecule has 4 nitrogen and oxygen atoms in total. The van der Waals surface area contributed by atoms with Crippen LogP contribution in [0.25, 0.3) is 56.4 Å². The Morgan fingerprint density at radius 1 is 0.531 bits per heavy atom. The molecule has 5 aromatic carbocycles. The fourth-order valence-electron chi connectivity index (χ4n) is 8.93. The van der Waals surface area contributed by atoms with Gasteiger partial charge in [-0.2, -0.15) is 5.26 Å². The third-order valence-electron chi connectivity index (χ3n) is 10.7. The first-order chi connectivity index (χ1) is 24.0. The summed E-state index contributed by atoms with van der Waals surface area (Å²) in [6.07, 6.45) is 6.62. The molecule has 8 rings (SSSR count). The lowest BCUT2D eigenvalue weighted by atomic mass is 9.54. The lowest BCUT2D eigenvalue weighted by Crippen LogP contribution is -2.42. The maximum absolute atomic E-state index is 9.60. The highest BCUT2D eigenvalue weighted by Crippen LogP contribution is 2.54. The Morgan fingerprint density at radius 3 is 1.71 bits per heavy atom. The Bertz CT molecular complexity index is 2130. The number of fused-ring (bicyclic) bond motifs is 2. The summed E-state index contributed by atoms with van der Waals surface area (Å²) in [4.78, 5) is 15.2. The van der Waals surface area contributed by atoms with Crippen LogP contribution in [0.15, 0.2) is 127 Å². The molecule has 0 saturated heterocycles. The highest BCUT2D eigenvalue weighted by atomic mass is 15.0. The summed E-state index contributed by atoms with van der Waals surface area (Å²) in [6.45, 7) is 4.89. The Hall–Kier alpha value is -5.40. The average molecular weight is 637 g/mol. The summed E-state index contributed by atoms with van der Waals surface area (Å²) >= 11 is 0. The minimum Gasteiger partial charge on any atom is -0.208 e.